The molecule has 0 bridgehead atoms. The summed E-state index contributed by atoms with van der Waals surface area (Å²) in [7, 11) is 2.28. The van der Waals surface area contributed by atoms with Crippen molar-refractivity contribution >= 4 is 39.4 Å². The summed E-state index contributed by atoms with van der Waals surface area (Å²) in [6.07, 6.45) is 1.73. The van der Waals surface area contributed by atoms with Crippen molar-refractivity contribution in [3.63, 3.8) is 0 Å². The van der Waals surface area contributed by atoms with Crippen molar-refractivity contribution in [2.75, 3.05) is 62.3 Å². The number of quaternary nitrogens is 1. The Bertz CT molecular complexity index is 1120. The summed E-state index contributed by atoms with van der Waals surface area (Å²) >= 11 is 1.28. The molecule has 0 aliphatic carbocycles. The number of nitrogens with zero attached hydrogens (tertiary/aromatic N) is 3. The molecule has 7 nitrogen and oxygen atoms in total. The Kier molecular flexibility index (Phi) is 7.50. The molecule has 0 radical (unpaired) electrons. The van der Waals surface area contributed by atoms with Crippen LogP contribution in [0.3, 0.4) is 0 Å². The number of hydrogen-bond acceptors (Lipinski definition) is 7. The second-order valence-corrected chi connectivity index (χ2v) is 10.1. The first-order valence-electron chi connectivity index (χ1n) is 11.9. The second-order valence-electron chi connectivity index (χ2n) is 9.14. The number of rotatable bonds is 9. The number of benzene rings is 2. The van der Waals surface area contributed by atoms with Gasteiger partial charge in [0.1, 0.15) is 10.7 Å². The van der Waals surface area contributed by atoms with Gasteiger partial charge in [0.2, 0.25) is 5.78 Å². The number of nitrogens with one attached hydrogen (secondary N) is 1. The van der Waals surface area contributed by atoms with Crippen molar-refractivity contribution < 1.29 is 14.4 Å². The molecule has 0 unspecified atom stereocenters. The average Bonchev–Trinajstić information content (AvgIpc) is 3.23. The number of aliphatic hydroxyl groups is 1. The number of nitrogens with two attached hydrogens (primary N) is 1. The molecule has 1 saturated heterocycles. The number of aromatic nitrogens is 1. The highest BCUT2D eigenvalue weighted by Gasteiger charge is 2.28. The van der Waals surface area contributed by atoms with Gasteiger partial charge in [-0.15, -0.1) is 0 Å². The lowest BCUT2D eigenvalue weighted by molar-refractivity contribution is -0.910. The summed E-state index contributed by atoms with van der Waals surface area (Å²) in [6, 6.07) is 16.0. The monoisotopic (exact) mass is 480 g/mol. The summed E-state index contributed by atoms with van der Waals surface area (Å²) in [6.45, 7) is 7.52. The maximum atomic E-state index is 13.0. The Hall–Kier alpha value is -2.94. The minimum absolute atomic E-state index is 0.0943. The zero-order valence-corrected chi connectivity index (χ0v) is 20.8. The molecule has 1 fully saturated rings. The number of carbonyl (C=O) groups excluding carboxylic acids is 1. The molecule has 2 aromatic carbocycles. The molecule has 1 aliphatic rings. The van der Waals surface area contributed by atoms with Crippen molar-refractivity contribution in [3.05, 3.63) is 64.5 Å². The third-order valence-corrected chi connectivity index (χ3v) is 7.60. The Labute approximate surface area is 205 Å². The van der Waals surface area contributed by atoms with E-state index in [4.69, 9.17) is 10.8 Å². The van der Waals surface area contributed by atoms with Gasteiger partial charge in [0.05, 0.1) is 39.8 Å². The quantitative estimate of drug-likeness (QED) is 0.318. The fourth-order valence-electron chi connectivity index (χ4n) is 4.37. The Balaban J connectivity index is 1.39. The first kappa shape index (κ1) is 24.2. The van der Waals surface area contributed by atoms with Gasteiger partial charge in [0, 0.05) is 30.0 Å². The average molecular weight is 481 g/mol. The second kappa shape index (κ2) is 10.5. The predicted molar refractivity (Wildman–Crippen MR) is 140 cm³/mol. The lowest BCUT2D eigenvalue weighted by atomic mass is 10.1. The van der Waals surface area contributed by atoms with Gasteiger partial charge in [-0.1, -0.05) is 36.5 Å². The molecule has 0 spiro atoms. The standard InChI is InChI=1S/C26H33N5O2S/c1-3-19-6-4-7-20(18-19)23(33)24-25(27)29-26(34-24)28-21-8-10-22(11-9-21)30-12-15-31(2,16-13-30)14-5-17-32/h4,6-11,18,32H,3,5,12-17H2,1-2H3,(H2-,27,28,29,33)/p+1. The maximum absolute atomic E-state index is 13.0. The largest absolute Gasteiger partial charge is 0.396 e. The molecular weight excluding hydrogens is 446 g/mol. The number of hydrogen-bond donors (Lipinski definition) is 3. The van der Waals surface area contributed by atoms with Gasteiger partial charge in [-0.25, -0.2) is 4.98 Å². The van der Waals surface area contributed by atoms with E-state index in [2.05, 4.69) is 41.3 Å². The smallest absolute Gasteiger partial charge is 0.206 e. The Morgan fingerprint density at radius 1 is 1.21 bits per heavy atom. The first-order valence-corrected chi connectivity index (χ1v) is 12.7. The van der Waals surface area contributed by atoms with Crippen LogP contribution in [0.4, 0.5) is 22.3 Å². The van der Waals surface area contributed by atoms with E-state index < -0.39 is 0 Å². The SMILES string of the molecule is CCc1cccc(C(=O)c2sc(Nc3ccc(N4CC[N+](C)(CCCO)CC4)cc3)nc2N)c1. The highest BCUT2D eigenvalue weighted by molar-refractivity contribution is 7.18. The zero-order valence-electron chi connectivity index (χ0n) is 20.0. The van der Waals surface area contributed by atoms with E-state index in [-0.39, 0.29) is 18.2 Å². The summed E-state index contributed by atoms with van der Waals surface area (Å²) < 4.78 is 1.02. The van der Waals surface area contributed by atoms with Crippen LogP contribution in [0.1, 0.15) is 34.1 Å². The fourth-order valence-corrected chi connectivity index (χ4v) is 5.24. The van der Waals surface area contributed by atoms with Crippen LogP contribution in [-0.4, -0.2) is 66.7 Å². The topological polar surface area (TPSA) is 91.5 Å². The Morgan fingerprint density at radius 3 is 2.62 bits per heavy atom. The summed E-state index contributed by atoms with van der Waals surface area (Å²) in [5, 5.41) is 13.0. The van der Waals surface area contributed by atoms with Crippen LogP contribution in [0.2, 0.25) is 0 Å². The molecule has 4 rings (SSSR count). The third kappa shape index (κ3) is 5.58. The molecule has 8 heteroatoms. The maximum Gasteiger partial charge on any atom is 0.206 e. The first-order chi connectivity index (χ1) is 16.4. The van der Waals surface area contributed by atoms with E-state index in [1.807, 2.05) is 36.4 Å². The van der Waals surface area contributed by atoms with Crippen LogP contribution in [0.5, 0.6) is 0 Å². The normalized spacial score (nSPS) is 15.3. The van der Waals surface area contributed by atoms with Crippen LogP contribution in [-0.2, 0) is 6.42 Å². The zero-order chi connectivity index (χ0) is 24.1. The number of nitrogen functional groups attached to an aromatic ring is 1. The van der Waals surface area contributed by atoms with Crippen LogP contribution in [0, 0.1) is 0 Å². The molecule has 0 amide bonds. The van der Waals surface area contributed by atoms with Gasteiger partial charge >= 0.3 is 0 Å². The molecule has 4 N–H and O–H groups in total. The fraction of sp³-hybridized carbons (Fsp3) is 0.385. The number of likely N-dealkylation sites (N-methyl/N-ethyl adjacent to an activating group) is 1. The van der Waals surface area contributed by atoms with Crippen molar-refractivity contribution in [1.82, 2.24) is 4.98 Å². The number of ketones is 1. The van der Waals surface area contributed by atoms with Gasteiger partial charge in [-0.3, -0.25) is 4.79 Å². The molecule has 2 heterocycles. The van der Waals surface area contributed by atoms with Crippen LogP contribution in [0.15, 0.2) is 48.5 Å². The number of thiazole rings is 1. The molecule has 34 heavy (non-hydrogen) atoms. The number of anilines is 4. The van der Waals surface area contributed by atoms with E-state index >= 15 is 0 Å². The molecule has 1 aliphatic heterocycles. The molecule has 0 saturated carbocycles. The van der Waals surface area contributed by atoms with Crippen molar-refractivity contribution in [3.8, 4) is 0 Å². The molecule has 0 atom stereocenters. The van der Waals surface area contributed by atoms with Crippen molar-refractivity contribution in [2.45, 2.75) is 19.8 Å². The van der Waals surface area contributed by atoms with E-state index in [0.29, 0.717) is 15.6 Å². The van der Waals surface area contributed by atoms with E-state index in [1.54, 1.807) is 0 Å². The summed E-state index contributed by atoms with van der Waals surface area (Å²) in [5.41, 5.74) is 9.96. The molecular formula is C26H34N5O2S+. The lowest BCUT2D eigenvalue weighted by Gasteiger charge is -2.42. The van der Waals surface area contributed by atoms with Gasteiger partial charge in [0.25, 0.3) is 0 Å². The summed E-state index contributed by atoms with van der Waals surface area (Å²) in [5.74, 6) is 0.162. The molecule has 1 aromatic heterocycles. The number of aliphatic hydroxyl groups excluding tert-OH is 1. The minimum Gasteiger partial charge on any atom is -0.396 e. The van der Waals surface area contributed by atoms with E-state index in [1.165, 1.54) is 17.0 Å². The number of piperazine rings is 1. The van der Waals surface area contributed by atoms with Gasteiger partial charge in [-0.05, 0) is 42.3 Å². The lowest BCUT2D eigenvalue weighted by Crippen LogP contribution is -2.57. The van der Waals surface area contributed by atoms with E-state index in [9.17, 15) is 4.79 Å². The van der Waals surface area contributed by atoms with Crippen LogP contribution < -0.4 is 16.0 Å². The highest BCUT2D eigenvalue weighted by Crippen LogP contribution is 2.31. The number of aryl methyl sites for hydroxylation is 1. The third-order valence-electron chi connectivity index (χ3n) is 6.62. The van der Waals surface area contributed by atoms with Crippen molar-refractivity contribution in [1.29, 1.82) is 0 Å². The van der Waals surface area contributed by atoms with Crippen LogP contribution >= 0.6 is 11.3 Å². The van der Waals surface area contributed by atoms with E-state index in [0.717, 1.165) is 61.3 Å². The minimum atomic E-state index is -0.0943. The molecule has 3 aromatic rings. The summed E-state index contributed by atoms with van der Waals surface area (Å²) in [4.78, 5) is 20.2. The van der Waals surface area contributed by atoms with Gasteiger partial charge < -0.3 is 25.5 Å². The predicted octanol–water partition coefficient (Wildman–Crippen LogP) is 3.91. The van der Waals surface area contributed by atoms with Gasteiger partial charge in [0.15, 0.2) is 5.13 Å². The molecule has 180 valence electrons. The van der Waals surface area contributed by atoms with Gasteiger partial charge in [-0.2, -0.15) is 0 Å². The highest BCUT2D eigenvalue weighted by atomic mass is 32.1. The Morgan fingerprint density at radius 2 is 1.94 bits per heavy atom. The van der Waals surface area contributed by atoms with Crippen molar-refractivity contribution in [2.24, 2.45) is 0 Å². The number of carbonyl (C=O) groups is 1. The van der Waals surface area contributed by atoms with Crippen LogP contribution in [0.25, 0.3) is 0 Å².